The molecule has 0 saturated heterocycles. The Morgan fingerprint density at radius 2 is 2.11 bits per heavy atom. The number of carbonyl (C=O) groups is 1. The van der Waals surface area contributed by atoms with Crippen molar-refractivity contribution in [3.63, 3.8) is 0 Å². The molecule has 1 heterocycles. The maximum atomic E-state index is 11.6. The van der Waals surface area contributed by atoms with Crippen LogP contribution in [-0.2, 0) is 6.42 Å². The van der Waals surface area contributed by atoms with Crippen LogP contribution in [0, 0.1) is 5.41 Å². The lowest BCUT2D eigenvalue weighted by Gasteiger charge is -2.13. The van der Waals surface area contributed by atoms with Gasteiger partial charge in [0.2, 0.25) is 0 Å². The number of nitrogens with one attached hydrogen (secondary N) is 2. The van der Waals surface area contributed by atoms with Crippen LogP contribution in [0.25, 0.3) is 0 Å². The molecule has 0 spiro atoms. The molecule has 3 N–H and O–H groups in total. The molecule has 1 aliphatic carbocycles. The van der Waals surface area contributed by atoms with Crippen LogP contribution in [0.1, 0.15) is 25.6 Å². The number of carbonyl (C=O) groups excluding carboxylic acids is 1. The predicted molar refractivity (Wildman–Crippen MR) is 67.2 cm³/mol. The van der Waals surface area contributed by atoms with E-state index in [4.69, 9.17) is 5.11 Å². The molecule has 2 rings (SSSR count). The Kier molecular flexibility index (Phi) is 3.76. The van der Waals surface area contributed by atoms with E-state index in [1.165, 1.54) is 0 Å². The number of aromatic nitrogens is 2. The third kappa shape index (κ3) is 3.16. The number of hydrogen-bond acceptors (Lipinski definition) is 4. The molecular formula is C12H18N4O2. The van der Waals surface area contributed by atoms with Gasteiger partial charge in [0.25, 0.3) is 0 Å². The molecule has 1 aromatic heterocycles. The minimum Gasteiger partial charge on any atom is -0.396 e. The highest BCUT2D eigenvalue weighted by molar-refractivity contribution is 5.88. The lowest BCUT2D eigenvalue weighted by Crippen LogP contribution is -2.35. The SMILES string of the molecule is CCc1ncc(NC(=O)NCC2(CO)CC2)cn1. The molecule has 0 atom stereocenters. The van der Waals surface area contributed by atoms with Crippen LogP contribution < -0.4 is 10.6 Å². The van der Waals surface area contributed by atoms with Crippen LogP contribution >= 0.6 is 0 Å². The summed E-state index contributed by atoms with van der Waals surface area (Å²) in [5.41, 5.74) is 0.485. The first-order valence-corrected chi connectivity index (χ1v) is 6.14. The standard InChI is InChI=1S/C12H18N4O2/c1-2-10-13-5-9(6-14-10)16-11(18)15-7-12(8-17)3-4-12/h5-6,17H,2-4,7-8H2,1H3,(H2,15,16,18). The molecule has 0 aliphatic heterocycles. The fourth-order valence-corrected chi connectivity index (χ4v) is 1.61. The molecule has 6 heteroatoms. The van der Waals surface area contributed by atoms with Gasteiger partial charge in [-0.2, -0.15) is 0 Å². The highest BCUT2D eigenvalue weighted by atomic mass is 16.3. The topological polar surface area (TPSA) is 87.1 Å². The summed E-state index contributed by atoms with van der Waals surface area (Å²) in [6.07, 6.45) is 5.89. The van der Waals surface area contributed by atoms with Crippen molar-refractivity contribution in [1.82, 2.24) is 15.3 Å². The summed E-state index contributed by atoms with van der Waals surface area (Å²) in [6, 6.07) is -0.289. The Morgan fingerprint density at radius 1 is 1.44 bits per heavy atom. The second-order valence-corrected chi connectivity index (χ2v) is 4.71. The zero-order valence-electron chi connectivity index (χ0n) is 10.4. The fourth-order valence-electron chi connectivity index (χ4n) is 1.61. The van der Waals surface area contributed by atoms with Gasteiger partial charge in [0.1, 0.15) is 5.82 Å². The number of aryl methyl sites for hydroxylation is 1. The van der Waals surface area contributed by atoms with Crippen LogP contribution in [0.5, 0.6) is 0 Å². The molecule has 6 nitrogen and oxygen atoms in total. The summed E-state index contributed by atoms with van der Waals surface area (Å²) in [5.74, 6) is 0.748. The molecule has 18 heavy (non-hydrogen) atoms. The third-order valence-corrected chi connectivity index (χ3v) is 3.20. The molecule has 1 aliphatic rings. The van der Waals surface area contributed by atoms with E-state index < -0.39 is 0 Å². The summed E-state index contributed by atoms with van der Waals surface area (Å²) in [4.78, 5) is 19.8. The van der Waals surface area contributed by atoms with Crippen molar-refractivity contribution in [3.05, 3.63) is 18.2 Å². The maximum Gasteiger partial charge on any atom is 0.319 e. The Bertz CT molecular complexity index is 415. The normalized spacial score (nSPS) is 16.1. The van der Waals surface area contributed by atoms with Gasteiger partial charge in [-0.3, -0.25) is 0 Å². The van der Waals surface area contributed by atoms with Crippen molar-refractivity contribution in [2.75, 3.05) is 18.5 Å². The van der Waals surface area contributed by atoms with Gasteiger partial charge in [0.05, 0.1) is 24.7 Å². The molecule has 1 aromatic rings. The summed E-state index contributed by atoms with van der Waals surface area (Å²) < 4.78 is 0. The van der Waals surface area contributed by atoms with Crippen LogP contribution in [0.2, 0.25) is 0 Å². The Labute approximate surface area is 106 Å². The minimum absolute atomic E-state index is 0.0834. The van der Waals surface area contributed by atoms with Gasteiger partial charge in [-0.25, -0.2) is 14.8 Å². The van der Waals surface area contributed by atoms with Crippen molar-refractivity contribution in [3.8, 4) is 0 Å². The van der Waals surface area contributed by atoms with E-state index in [2.05, 4.69) is 20.6 Å². The summed E-state index contributed by atoms with van der Waals surface area (Å²) >= 11 is 0. The first kappa shape index (κ1) is 12.8. The van der Waals surface area contributed by atoms with E-state index in [0.717, 1.165) is 25.1 Å². The van der Waals surface area contributed by atoms with Crippen LogP contribution in [-0.4, -0.2) is 34.3 Å². The number of amides is 2. The maximum absolute atomic E-state index is 11.6. The van der Waals surface area contributed by atoms with Crippen LogP contribution in [0.3, 0.4) is 0 Å². The molecule has 0 bridgehead atoms. The van der Waals surface area contributed by atoms with Gasteiger partial charge in [-0.1, -0.05) is 6.92 Å². The Morgan fingerprint density at radius 3 is 2.61 bits per heavy atom. The summed E-state index contributed by atoms with van der Waals surface area (Å²) in [7, 11) is 0. The summed E-state index contributed by atoms with van der Waals surface area (Å²) in [5, 5.41) is 14.5. The van der Waals surface area contributed by atoms with E-state index >= 15 is 0 Å². The van der Waals surface area contributed by atoms with Crippen LogP contribution in [0.15, 0.2) is 12.4 Å². The number of aliphatic hydroxyl groups excluding tert-OH is 1. The Balaban J connectivity index is 1.79. The first-order valence-electron chi connectivity index (χ1n) is 6.14. The lowest BCUT2D eigenvalue weighted by molar-refractivity contribution is 0.206. The lowest BCUT2D eigenvalue weighted by atomic mass is 10.1. The largest absolute Gasteiger partial charge is 0.396 e. The summed E-state index contributed by atoms with van der Waals surface area (Å²) in [6.45, 7) is 2.60. The highest BCUT2D eigenvalue weighted by Gasteiger charge is 2.42. The van der Waals surface area contributed by atoms with Gasteiger partial charge in [0.15, 0.2) is 0 Å². The zero-order valence-corrected chi connectivity index (χ0v) is 10.4. The van der Waals surface area contributed by atoms with E-state index in [0.29, 0.717) is 12.2 Å². The molecule has 1 fully saturated rings. The third-order valence-electron chi connectivity index (χ3n) is 3.20. The number of urea groups is 1. The van der Waals surface area contributed by atoms with Crippen molar-refractivity contribution >= 4 is 11.7 Å². The molecule has 2 amide bonds. The van der Waals surface area contributed by atoms with Crippen LogP contribution in [0.4, 0.5) is 10.5 Å². The minimum atomic E-state index is -0.289. The molecule has 0 radical (unpaired) electrons. The van der Waals surface area contributed by atoms with Crippen molar-refractivity contribution in [2.45, 2.75) is 26.2 Å². The molecule has 98 valence electrons. The molecule has 0 aromatic carbocycles. The van der Waals surface area contributed by atoms with Crippen molar-refractivity contribution in [1.29, 1.82) is 0 Å². The van der Waals surface area contributed by atoms with E-state index in [-0.39, 0.29) is 18.1 Å². The second-order valence-electron chi connectivity index (χ2n) is 4.71. The highest BCUT2D eigenvalue weighted by Crippen LogP contribution is 2.44. The number of rotatable bonds is 5. The van der Waals surface area contributed by atoms with Gasteiger partial charge in [0, 0.05) is 18.4 Å². The van der Waals surface area contributed by atoms with E-state index in [1.54, 1.807) is 12.4 Å². The Hall–Kier alpha value is -1.69. The number of nitrogens with zero attached hydrogens (tertiary/aromatic N) is 2. The average Bonchev–Trinajstić information content (AvgIpc) is 3.18. The molecular weight excluding hydrogens is 232 g/mol. The van der Waals surface area contributed by atoms with Crippen molar-refractivity contribution < 1.29 is 9.90 Å². The van der Waals surface area contributed by atoms with Crippen molar-refractivity contribution in [2.24, 2.45) is 5.41 Å². The van der Waals surface area contributed by atoms with Gasteiger partial charge in [-0.15, -0.1) is 0 Å². The van der Waals surface area contributed by atoms with E-state index in [9.17, 15) is 4.79 Å². The van der Waals surface area contributed by atoms with E-state index in [1.807, 2.05) is 6.92 Å². The van der Waals surface area contributed by atoms with Gasteiger partial charge in [-0.05, 0) is 12.8 Å². The smallest absolute Gasteiger partial charge is 0.319 e. The van der Waals surface area contributed by atoms with Gasteiger partial charge >= 0.3 is 6.03 Å². The number of anilines is 1. The zero-order chi connectivity index (χ0) is 13.0. The molecule has 0 unspecified atom stereocenters. The predicted octanol–water partition coefficient (Wildman–Crippen LogP) is 0.933. The fraction of sp³-hybridized carbons (Fsp3) is 0.583. The van der Waals surface area contributed by atoms with Gasteiger partial charge < -0.3 is 15.7 Å². The first-order chi connectivity index (χ1) is 8.67. The second kappa shape index (κ2) is 5.30. The average molecular weight is 250 g/mol. The number of hydrogen-bond donors (Lipinski definition) is 3. The monoisotopic (exact) mass is 250 g/mol. The number of aliphatic hydroxyl groups is 1. The quantitative estimate of drug-likeness (QED) is 0.725. The molecule has 1 saturated carbocycles.